The van der Waals surface area contributed by atoms with Gasteiger partial charge in [-0.25, -0.2) is 8.42 Å². The van der Waals surface area contributed by atoms with Crippen LogP contribution >= 0.6 is 23.1 Å². The van der Waals surface area contributed by atoms with Crippen LogP contribution < -0.4 is 19.1 Å². The van der Waals surface area contributed by atoms with Gasteiger partial charge < -0.3 is 14.8 Å². The van der Waals surface area contributed by atoms with E-state index in [2.05, 4.69) is 5.32 Å². The third-order valence-corrected chi connectivity index (χ3v) is 10.2. The highest BCUT2D eigenvalue weighted by molar-refractivity contribution is 7.99. The number of sulfonamides is 1. The molecule has 7 nitrogen and oxygen atoms in total. The zero-order valence-corrected chi connectivity index (χ0v) is 24.4. The maximum absolute atomic E-state index is 13.4. The van der Waals surface area contributed by atoms with Crippen molar-refractivity contribution in [3.05, 3.63) is 102 Å². The first-order valence-corrected chi connectivity index (χ1v) is 15.3. The molecule has 4 aromatic carbocycles. The maximum Gasteiger partial charge on any atom is 0.265 e. The average molecular weight is 591 g/mol. The van der Waals surface area contributed by atoms with Gasteiger partial charge >= 0.3 is 0 Å². The summed E-state index contributed by atoms with van der Waals surface area (Å²) in [5, 5.41) is 3.81. The van der Waals surface area contributed by atoms with Crippen molar-refractivity contribution in [2.45, 2.75) is 14.7 Å². The van der Waals surface area contributed by atoms with Gasteiger partial charge in [0.2, 0.25) is 0 Å². The van der Waals surface area contributed by atoms with Gasteiger partial charge in [-0.05, 0) is 66.0 Å². The Bertz CT molecular complexity index is 1790. The number of hydrogen-bond donors (Lipinski definition) is 1. The summed E-state index contributed by atoms with van der Waals surface area (Å²) >= 11 is 2.93. The summed E-state index contributed by atoms with van der Waals surface area (Å²) in [5.41, 5.74) is 1.19. The van der Waals surface area contributed by atoms with Crippen LogP contribution in [0, 0.1) is 0 Å². The highest BCUT2D eigenvalue weighted by atomic mass is 32.2. The lowest BCUT2D eigenvalue weighted by molar-refractivity contribution is 0.103. The van der Waals surface area contributed by atoms with Crippen molar-refractivity contribution < 1.29 is 22.7 Å². The summed E-state index contributed by atoms with van der Waals surface area (Å²) in [6.07, 6.45) is 0. The number of amides is 1. The maximum atomic E-state index is 13.4. The molecule has 0 radical (unpaired) electrons. The molecule has 0 saturated carbocycles. The van der Waals surface area contributed by atoms with E-state index in [9.17, 15) is 13.2 Å². The van der Waals surface area contributed by atoms with Crippen LogP contribution in [-0.4, -0.2) is 35.6 Å². The Balaban J connectivity index is 1.38. The number of ether oxygens (including phenoxy) is 2. The van der Waals surface area contributed by atoms with Crippen molar-refractivity contribution in [1.29, 1.82) is 0 Å². The number of nitrogens with zero attached hydrogens (tertiary/aromatic N) is 1. The zero-order valence-electron chi connectivity index (χ0n) is 22.0. The number of fused-ring (bicyclic) bond motifs is 1. The first-order valence-electron chi connectivity index (χ1n) is 12.2. The number of anilines is 2. The third-order valence-electron chi connectivity index (χ3n) is 6.21. The Hall–Kier alpha value is -3.99. The second-order valence-electron chi connectivity index (χ2n) is 8.69. The van der Waals surface area contributed by atoms with Crippen LogP contribution in [0.3, 0.4) is 0 Å². The lowest BCUT2D eigenvalue weighted by Crippen LogP contribution is -2.26. The van der Waals surface area contributed by atoms with Crippen LogP contribution in [0.15, 0.2) is 112 Å². The molecule has 0 bridgehead atoms. The number of hydrogen-bond acceptors (Lipinski definition) is 7. The predicted molar refractivity (Wildman–Crippen MR) is 162 cm³/mol. The van der Waals surface area contributed by atoms with E-state index in [-0.39, 0.29) is 10.8 Å². The minimum atomic E-state index is -3.88. The Morgan fingerprint density at radius 3 is 2.33 bits per heavy atom. The molecule has 0 aliphatic rings. The van der Waals surface area contributed by atoms with Gasteiger partial charge in [0.25, 0.3) is 15.9 Å². The van der Waals surface area contributed by atoms with E-state index in [4.69, 9.17) is 9.47 Å². The second kappa shape index (κ2) is 11.6. The molecule has 0 unspecified atom stereocenters. The van der Waals surface area contributed by atoms with Crippen LogP contribution in [0.2, 0.25) is 0 Å². The van der Waals surface area contributed by atoms with Gasteiger partial charge in [0, 0.05) is 27.6 Å². The number of carbonyl (C=O) groups excluding carboxylic acids is 1. The van der Waals surface area contributed by atoms with Gasteiger partial charge in [-0.1, -0.05) is 42.1 Å². The van der Waals surface area contributed by atoms with Crippen LogP contribution in [0.1, 0.15) is 9.67 Å². The van der Waals surface area contributed by atoms with Gasteiger partial charge in [-0.15, -0.1) is 11.3 Å². The molecule has 1 heterocycles. The zero-order chi connectivity index (χ0) is 28.3. The van der Waals surface area contributed by atoms with E-state index in [0.717, 1.165) is 25.6 Å². The fourth-order valence-electron chi connectivity index (χ4n) is 4.07. The standard InChI is InChI=1S/C30H26N2O5S3/c1-32(40(34,35)23-14-15-25(36-2)26(19-23)37-3)21-13-16-27-20(17-21)18-29(39-27)30(33)31-24-11-7-8-12-28(24)38-22-9-5-4-6-10-22/h4-19H,1-3H3,(H,31,33). The molecule has 5 rings (SSSR count). The number of thiophene rings is 1. The number of benzene rings is 4. The summed E-state index contributed by atoms with van der Waals surface area (Å²) in [7, 11) is 0.562. The summed E-state index contributed by atoms with van der Waals surface area (Å²) in [5.74, 6) is 0.538. The fraction of sp³-hybridized carbons (Fsp3) is 0.100. The molecular weight excluding hydrogens is 565 g/mol. The van der Waals surface area contributed by atoms with Crippen LogP contribution in [0.5, 0.6) is 11.5 Å². The lowest BCUT2D eigenvalue weighted by atomic mass is 10.2. The lowest BCUT2D eigenvalue weighted by Gasteiger charge is -2.20. The van der Waals surface area contributed by atoms with Crippen molar-refractivity contribution in [2.75, 3.05) is 30.9 Å². The van der Waals surface area contributed by atoms with Crippen LogP contribution in [-0.2, 0) is 10.0 Å². The van der Waals surface area contributed by atoms with Gasteiger partial charge in [0.05, 0.1) is 35.4 Å². The van der Waals surface area contributed by atoms with E-state index in [1.165, 1.54) is 49.0 Å². The van der Waals surface area contributed by atoms with Crippen molar-refractivity contribution in [3.63, 3.8) is 0 Å². The van der Waals surface area contributed by atoms with E-state index >= 15 is 0 Å². The SMILES string of the molecule is COc1ccc(S(=O)(=O)N(C)c2ccc3sc(C(=O)Nc4ccccc4Sc4ccccc4)cc3c2)cc1OC. The van der Waals surface area contributed by atoms with Crippen LogP contribution in [0.4, 0.5) is 11.4 Å². The normalized spacial score (nSPS) is 11.3. The molecule has 0 spiro atoms. The molecule has 0 aliphatic carbocycles. The fourth-order valence-corrected chi connectivity index (χ4v) is 7.14. The molecule has 40 heavy (non-hydrogen) atoms. The van der Waals surface area contributed by atoms with E-state index in [1.54, 1.807) is 36.0 Å². The molecule has 1 aromatic heterocycles. The molecular formula is C30H26N2O5S3. The highest BCUT2D eigenvalue weighted by Crippen LogP contribution is 2.36. The van der Waals surface area contributed by atoms with Crippen molar-refractivity contribution in [3.8, 4) is 11.5 Å². The molecule has 5 aromatic rings. The van der Waals surface area contributed by atoms with E-state index in [1.807, 2.05) is 60.7 Å². The molecule has 0 atom stereocenters. The molecule has 10 heteroatoms. The number of carbonyl (C=O) groups is 1. The summed E-state index contributed by atoms with van der Waals surface area (Å²) in [6.45, 7) is 0. The third kappa shape index (κ3) is 5.65. The summed E-state index contributed by atoms with van der Waals surface area (Å²) in [6, 6.07) is 29.2. The Labute approximate surface area is 241 Å². The van der Waals surface area contributed by atoms with E-state index < -0.39 is 10.0 Å². The first kappa shape index (κ1) is 27.6. The largest absolute Gasteiger partial charge is 0.493 e. The number of methoxy groups -OCH3 is 2. The number of nitrogens with one attached hydrogen (secondary N) is 1. The van der Waals surface area contributed by atoms with Crippen molar-refractivity contribution >= 4 is 60.5 Å². The predicted octanol–water partition coefficient (Wildman–Crippen LogP) is 7.15. The smallest absolute Gasteiger partial charge is 0.265 e. The Kier molecular flexibility index (Phi) is 8.02. The molecule has 1 N–H and O–H groups in total. The monoisotopic (exact) mass is 590 g/mol. The van der Waals surface area contributed by atoms with Crippen LogP contribution in [0.25, 0.3) is 10.1 Å². The van der Waals surface area contributed by atoms with Crippen molar-refractivity contribution in [2.24, 2.45) is 0 Å². The minimum absolute atomic E-state index is 0.0742. The minimum Gasteiger partial charge on any atom is -0.493 e. The Morgan fingerprint density at radius 1 is 0.850 bits per heavy atom. The Morgan fingerprint density at radius 2 is 1.57 bits per heavy atom. The molecule has 0 aliphatic heterocycles. The quantitative estimate of drug-likeness (QED) is 0.196. The first-order chi connectivity index (χ1) is 19.3. The molecule has 204 valence electrons. The van der Waals surface area contributed by atoms with Gasteiger partial charge in [0.1, 0.15) is 0 Å². The second-order valence-corrected chi connectivity index (χ2v) is 12.9. The number of rotatable bonds is 9. The highest BCUT2D eigenvalue weighted by Gasteiger charge is 2.24. The molecule has 0 fully saturated rings. The topological polar surface area (TPSA) is 84.9 Å². The summed E-state index contributed by atoms with van der Waals surface area (Å²) < 4.78 is 39.3. The van der Waals surface area contributed by atoms with Gasteiger partial charge in [0.15, 0.2) is 11.5 Å². The van der Waals surface area contributed by atoms with Gasteiger partial charge in [-0.3, -0.25) is 9.10 Å². The molecule has 1 amide bonds. The summed E-state index contributed by atoms with van der Waals surface area (Å²) in [4.78, 5) is 15.8. The van der Waals surface area contributed by atoms with E-state index in [0.29, 0.717) is 22.1 Å². The average Bonchev–Trinajstić information content (AvgIpc) is 3.41. The molecule has 0 saturated heterocycles. The van der Waals surface area contributed by atoms with Gasteiger partial charge in [-0.2, -0.15) is 0 Å². The van der Waals surface area contributed by atoms with Crippen molar-refractivity contribution in [1.82, 2.24) is 0 Å². The number of para-hydroxylation sites is 1.